The summed E-state index contributed by atoms with van der Waals surface area (Å²) < 4.78 is 5.38. The molecule has 1 aliphatic carbocycles. The van der Waals surface area contributed by atoms with Crippen LogP contribution in [0.25, 0.3) is 0 Å². The van der Waals surface area contributed by atoms with E-state index < -0.39 is 5.60 Å². The van der Waals surface area contributed by atoms with Gasteiger partial charge in [0.25, 0.3) is 0 Å². The molecule has 0 radical (unpaired) electrons. The molecular formula is C11H15ClO2S. The normalized spacial score (nSPS) is 31.8. The van der Waals surface area contributed by atoms with E-state index in [1.165, 1.54) is 11.3 Å². The molecule has 4 heteroatoms. The molecule has 1 saturated carbocycles. The van der Waals surface area contributed by atoms with Crippen LogP contribution in [-0.4, -0.2) is 18.3 Å². The molecule has 0 aliphatic heterocycles. The average molecular weight is 247 g/mol. The number of ether oxygens (including phenoxy) is 1. The fourth-order valence-electron chi connectivity index (χ4n) is 2.30. The zero-order chi connectivity index (χ0) is 10.9. The Kier molecular flexibility index (Phi) is 3.36. The quantitative estimate of drug-likeness (QED) is 0.869. The van der Waals surface area contributed by atoms with Crippen LogP contribution in [0.4, 0.5) is 0 Å². The minimum atomic E-state index is -0.877. The fraction of sp³-hybridized carbons (Fsp3) is 0.636. The van der Waals surface area contributed by atoms with Gasteiger partial charge in [-0.05, 0) is 30.7 Å². The highest BCUT2D eigenvalue weighted by molar-refractivity contribution is 7.10. The topological polar surface area (TPSA) is 29.5 Å². The third kappa shape index (κ3) is 1.94. The number of aliphatic hydroxyl groups is 1. The van der Waals surface area contributed by atoms with Crippen molar-refractivity contribution in [2.75, 3.05) is 7.11 Å². The van der Waals surface area contributed by atoms with Crippen LogP contribution >= 0.6 is 22.9 Å². The highest BCUT2D eigenvalue weighted by Crippen LogP contribution is 2.43. The Bertz CT molecular complexity index is 339. The first-order valence-corrected chi connectivity index (χ1v) is 6.43. The van der Waals surface area contributed by atoms with Gasteiger partial charge in [-0.15, -0.1) is 11.3 Å². The van der Waals surface area contributed by atoms with Crippen molar-refractivity contribution in [1.29, 1.82) is 0 Å². The second-order valence-corrected chi connectivity index (χ2v) is 5.32. The van der Waals surface area contributed by atoms with Crippen molar-refractivity contribution in [2.24, 2.45) is 0 Å². The lowest BCUT2D eigenvalue weighted by Gasteiger charge is -2.38. The molecule has 1 aliphatic rings. The Morgan fingerprint density at radius 1 is 1.60 bits per heavy atom. The van der Waals surface area contributed by atoms with Gasteiger partial charge in [0.1, 0.15) is 5.60 Å². The average Bonchev–Trinajstić information content (AvgIpc) is 2.66. The van der Waals surface area contributed by atoms with Crippen molar-refractivity contribution in [2.45, 2.75) is 37.4 Å². The van der Waals surface area contributed by atoms with Gasteiger partial charge in [-0.3, -0.25) is 0 Å². The molecule has 1 aromatic rings. The van der Waals surface area contributed by atoms with Crippen LogP contribution in [0.5, 0.6) is 0 Å². The van der Waals surface area contributed by atoms with Crippen molar-refractivity contribution < 1.29 is 9.84 Å². The molecule has 15 heavy (non-hydrogen) atoms. The second-order valence-electron chi connectivity index (χ2n) is 3.99. The van der Waals surface area contributed by atoms with Gasteiger partial charge in [0, 0.05) is 7.11 Å². The van der Waals surface area contributed by atoms with Gasteiger partial charge in [-0.2, -0.15) is 0 Å². The lowest BCUT2D eigenvalue weighted by Crippen LogP contribution is -2.42. The fourth-order valence-corrected chi connectivity index (χ4v) is 3.69. The van der Waals surface area contributed by atoms with Crippen LogP contribution in [0.15, 0.2) is 11.4 Å². The molecule has 2 atom stereocenters. The van der Waals surface area contributed by atoms with Gasteiger partial charge in [-0.25, -0.2) is 0 Å². The minimum Gasteiger partial charge on any atom is -0.382 e. The lowest BCUT2D eigenvalue weighted by molar-refractivity contribution is -0.120. The monoisotopic (exact) mass is 246 g/mol. The van der Waals surface area contributed by atoms with Crippen LogP contribution < -0.4 is 0 Å². The molecule has 0 bridgehead atoms. The Morgan fingerprint density at radius 3 is 3.00 bits per heavy atom. The van der Waals surface area contributed by atoms with Gasteiger partial charge < -0.3 is 9.84 Å². The van der Waals surface area contributed by atoms with Crippen LogP contribution in [0.1, 0.15) is 30.6 Å². The van der Waals surface area contributed by atoms with Gasteiger partial charge in [0.15, 0.2) is 0 Å². The van der Waals surface area contributed by atoms with Crippen LogP contribution in [0.2, 0.25) is 5.02 Å². The second kappa shape index (κ2) is 4.42. The highest BCUT2D eigenvalue weighted by Gasteiger charge is 2.42. The molecule has 0 spiro atoms. The van der Waals surface area contributed by atoms with E-state index in [4.69, 9.17) is 16.3 Å². The maximum atomic E-state index is 10.7. The van der Waals surface area contributed by atoms with Crippen molar-refractivity contribution >= 4 is 22.9 Å². The molecule has 2 unspecified atom stereocenters. The summed E-state index contributed by atoms with van der Waals surface area (Å²) in [6.45, 7) is 0. The lowest BCUT2D eigenvalue weighted by atomic mass is 9.81. The van der Waals surface area contributed by atoms with Crippen molar-refractivity contribution in [3.63, 3.8) is 0 Å². The van der Waals surface area contributed by atoms with Crippen LogP contribution in [0.3, 0.4) is 0 Å². The van der Waals surface area contributed by atoms with E-state index in [0.717, 1.165) is 30.6 Å². The first-order chi connectivity index (χ1) is 7.18. The van der Waals surface area contributed by atoms with E-state index in [1.807, 2.05) is 11.4 Å². The number of methoxy groups -OCH3 is 1. The summed E-state index contributed by atoms with van der Waals surface area (Å²) in [5.41, 5.74) is -0.877. The zero-order valence-electron chi connectivity index (χ0n) is 8.70. The third-order valence-corrected chi connectivity index (χ3v) is 4.61. The van der Waals surface area contributed by atoms with Gasteiger partial charge in [-0.1, -0.05) is 18.0 Å². The first kappa shape index (κ1) is 11.4. The summed E-state index contributed by atoms with van der Waals surface area (Å²) >= 11 is 7.59. The standard InChI is InChI=1S/C11H15ClO2S/c1-14-9-4-2-3-6-11(9,13)10-8(12)5-7-15-10/h5,7,9,13H,2-4,6H2,1H3. The van der Waals surface area contributed by atoms with Crippen LogP contribution in [0, 0.1) is 0 Å². The number of hydrogen-bond donors (Lipinski definition) is 1. The summed E-state index contributed by atoms with van der Waals surface area (Å²) in [5, 5.41) is 13.2. The maximum Gasteiger partial charge on any atom is 0.126 e. The molecule has 2 rings (SSSR count). The summed E-state index contributed by atoms with van der Waals surface area (Å²) in [6.07, 6.45) is 3.67. The van der Waals surface area contributed by atoms with Crippen LogP contribution in [-0.2, 0) is 10.3 Å². The predicted molar refractivity (Wildman–Crippen MR) is 62.5 cm³/mol. The zero-order valence-corrected chi connectivity index (χ0v) is 10.3. The van der Waals surface area contributed by atoms with E-state index in [2.05, 4.69) is 0 Å². The van der Waals surface area contributed by atoms with E-state index in [9.17, 15) is 5.11 Å². The SMILES string of the molecule is COC1CCCCC1(O)c1sccc1Cl. The molecular weight excluding hydrogens is 232 g/mol. The molecule has 0 saturated heterocycles. The van der Waals surface area contributed by atoms with E-state index in [-0.39, 0.29) is 6.10 Å². The molecule has 84 valence electrons. The summed E-state index contributed by atoms with van der Waals surface area (Å²) in [6, 6.07) is 1.83. The molecule has 2 nitrogen and oxygen atoms in total. The van der Waals surface area contributed by atoms with E-state index >= 15 is 0 Å². The molecule has 0 amide bonds. The highest BCUT2D eigenvalue weighted by atomic mass is 35.5. The Labute approximate surface area is 98.8 Å². The minimum absolute atomic E-state index is 0.123. The number of hydrogen-bond acceptors (Lipinski definition) is 3. The Balaban J connectivity index is 2.34. The van der Waals surface area contributed by atoms with Crippen molar-refractivity contribution in [1.82, 2.24) is 0 Å². The number of rotatable bonds is 2. The van der Waals surface area contributed by atoms with Crippen molar-refractivity contribution in [3.05, 3.63) is 21.3 Å². The van der Waals surface area contributed by atoms with Gasteiger partial charge in [0.2, 0.25) is 0 Å². The number of thiophene rings is 1. The summed E-state index contributed by atoms with van der Waals surface area (Å²) in [4.78, 5) is 0.857. The molecule has 1 heterocycles. The molecule has 1 aromatic heterocycles. The largest absolute Gasteiger partial charge is 0.382 e. The van der Waals surface area contributed by atoms with E-state index in [0.29, 0.717) is 5.02 Å². The molecule has 1 fully saturated rings. The smallest absolute Gasteiger partial charge is 0.126 e. The van der Waals surface area contributed by atoms with Crippen molar-refractivity contribution in [3.8, 4) is 0 Å². The Hall–Kier alpha value is -0.0900. The summed E-state index contributed by atoms with van der Waals surface area (Å²) in [7, 11) is 1.66. The molecule has 0 aromatic carbocycles. The van der Waals surface area contributed by atoms with Gasteiger partial charge >= 0.3 is 0 Å². The number of halogens is 1. The van der Waals surface area contributed by atoms with E-state index in [1.54, 1.807) is 7.11 Å². The predicted octanol–water partition coefficient (Wildman–Crippen LogP) is 3.18. The molecule has 1 N–H and O–H groups in total. The first-order valence-electron chi connectivity index (χ1n) is 5.17. The van der Waals surface area contributed by atoms with Gasteiger partial charge in [0.05, 0.1) is 16.0 Å². The third-order valence-electron chi connectivity index (χ3n) is 3.10. The maximum absolute atomic E-state index is 10.7. The summed E-state index contributed by atoms with van der Waals surface area (Å²) in [5.74, 6) is 0. The Morgan fingerprint density at radius 2 is 2.40 bits per heavy atom.